The molecule has 6 nitrogen and oxygen atoms in total. The maximum absolute atomic E-state index is 12.9. The van der Waals surface area contributed by atoms with Crippen LogP contribution < -0.4 is 16.0 Å². The van der Waals surface area contributed by atoms with Gasteiger partial charge in [-0.1, -0.05) is 44.2 Å². The van der Waals surface area contributed by atoms with E-state index in [1.807, 2.05) is 6.92 Å². The van der Waals surface area contributed by atoms with Crippen molar-refractivity contribution >= 4 is 11.7 Å². The second-order valence-corrected chi connectivity index (χ2v) is 8.89. The number of aliphatic hydroxyl groups excluding tert-OH is 1. The fraction of sp³-hybridized carbons (Fsp3) is 0.407. The molecule has 0 radical (unpaired) electrons. The molecule has 176 valence electrons. The van der Waals surface area contributed by atoms with E-state index in [9.17, 15) is 9.90 Å². The van der Waals surface area contributed by atoms with Crippen molar-refractivity contribution in [3.05, 3.63) is 81.9 Å². The van der Waals surface area contributed by atoms with Crippen molar-refractivity contribution in [2.45, 2.75) is 59.5 Å². The first-order chi connectivity index (χ1) is 15.7. The van der Waals surface area contributed by atoms with Crippen LogP contribution in [0.4, 0.5) is 0 Å². The fourth-order valence-corrected chi connectivity index (χ4v) is 4.46. The third kappa shape index (κ3) is 5.63. The summed E-state index contributed by atoms with van der Waals surface area (Å²) in [5, 5.41) is 26.5. The Morgan fingerprint density at radius 3 is 2.73 bits per heavy atom. The second kappa shape index (κ2) is 10.7. The molecule has 6 heteroatoms. The summed E-state index contributed by atoms with van der Waals surface area (Å²) in [5.41, 5.74) is 6.89. The maximum Gasteiger partial charge on any atom is 0.258 e. The third-order valence-electron chi connectivity index (χ3n) is 6.28. The lowest BCUT2D eigenvalue weighted by Crippen LogP contribution is -2.24. The number of aliphatic hydroxyl groups is 1. The Kier molecular flexibility index (Phi) is 7.92. The summed E-state index contributed by atoms with van der Waals surface area (Å²) in [6.07, 6.45) is 9.12. The molecule has 3 rings (SSSR count). The fourth-order valence-electron chi connectivity index (χ4n) is 4.46. The van der Waals surface area contributed by atoms with Crippen molar-refractivity contribution in [2.75, 3.05) is 6.54 Å². The van der Waals surface area contributed by atoms with Crippen LogP contribution in [0.5, 0.6) is 0 Å². The number of rotatable bonds is 8. The molecule has 1 aromatic carbocycles. The molecule has 0 aromatic heterocycles. The molecule has 0 spiro atoms. The normalized spacial score (nSPS) is 22.3. The number of hydrogen-bond donors (Lipinski definition) is 5. The van der Waals surface area contributed by atoms with Gasteiger partial charge in [0.15, 0.2) is 0 Å². The van der Waals surface area contributed by atoms with Gasteiger partial charge < -0.3 is 21.1 Å². The molecule has 2 aliphatic rings. The summed E-state index contributed by atoms with van der Waals surface area (Å²) < 4.78 is 0. The number of hydrogen-bond acceptors (Lipinski definition) is 4. The number of nitrogens with one attached hydrogen (secondary N) is 4. The first kappa shape index (κ1) is 24.5. The van der Waals surface area contributed by atoms with Crippen molar-refractivity contribution in [1.82, 2.24) is 16.0 Å². The van der Waals surface area contributed by atoms with Gasteiger partial charge in [0.1, 0.15) is 5.84 Å². The highest BCUT2D eigenvalue weighted by molar-refractivity contribution is 6.06. The van der Waals surface area contributed by atoms with Crippen LogP contribution in [0, 0.1) is 18.3 Å². The first-order valence-corrected chi connectivity index (χ1v) is 11.7. The molecule has 1 aliphatic carbocycles. The standard InChI is InChI=1S/C27H36N4O2/c1-6-19-9-8-16(3)21(12-19)22-14-23-24(13-20(22)7-2)31-27(33)26(23)18(5)30-25(28)10-11-29-15-17(4)32/h8-14,17,20,22,29,32H,6-7,15H2,1-5H3,(H2,28,30)(H,31,33)/b11-10-,26-18-/t17-,20?,22?/m0/s1. The van der Waals surface area contributed by atoms with Crippen LogP contribution in [0.15, 0.2) is 65.2 Å². The number of amides is 1. The van der Waals surface area contributed by atoms with Crippen LogP contribution in [0.3, 0.4) is 0 Å². The Hall–Kier alpha value is -3.12. The second-order valence-electron chi connectivity index (χ2n) is 8.89. The van der Waals surface area contributed by atoms with E-state index >= 15 is 0 Å². The van der Waals surface area contributed by atoms with Crippen LogP contribution in [0.1, 0.15) is 56.7 Å². The topological polar surface area (TPSA) is 97.2 Å². The van der Waals surface area contributed by atoms with Gasteiger partial charge in [0.2, 0.25) is 0 Å². The molecule has 1 amide bonds. The zero-order chi connectivity index (χ0) is 24.1. The Balaban J connectivity index is 1.92. The van der Waals surface area contributed by atoms with Crippen molar-refractivity contribution in [2.24, 2.45) is 5.92 Å². The summed E-state index contributed by atoms with van der Waals surface area (Å²) in [6.45, 7) is 10.4. The van der Waals surface area contributed by atoms with Crippen LogP contribution in [0.2, 0.25) is 0 Å². The monoisotopic (exact) mass is 448 g/mol. The largest absolute Gasteiger partial charge is 0.392 e. The number of fused-ring (bicyclic) bond motifs is 1. The van der Waals surface area contributed by atoms with Crippen LogP contribution in [0.25, 0.3) is 0 Å². The van der Waals surface area contributed by atoms with E-state index in [1.54, 1.807) is 19.2 Å². The number of carbonyl (C=O) groups excluding carboxylic acids is 1. The van der Waals surface area contributed by atoms with E-state index in [-0.39, 0.29) is 17.7 Å². The Bertz CT molecular complexity index is 1050. The summed E-state index contributed by atoms with van der Waals surface area (Å²) in [6, 6.07) is 6.68. The van der Waals surface area contributed by atoms with Crippen LogP contribution in [-0.2, 0) is 11.2 Å². The van der Waals surface area contributed by atoms with E-state index in [0.717, 1.165) is 24.1 Å². The molecule has 1 saturated heterocycles. The molecule has 1 aromatic rings. The number of amidine groups is 1. The summed E-state index contributed by atoms with van der Waals surface area (Å²) in [5.74, 6) is 0.522. The van der Waals surface area contributed by atoms with Crippen LogP contribution in [-0.4, -0.2) is 29.5 Å². The van der Waals surface area contributed by atoms with Crippen molar-refractivity contribution in [3.8, 4) is 0 Å². The van der Waals surface area contributed by atoms with Gasteiger partial charge in [-0.15, -0.1) is 0 Å². The third-order valence-corrected chi connectivity index (χ3v) is 6.28. The quantitative estimate of drug-likeness (QED) is 0.236. The number of carbonyl (C=O) groups is 1. The Morgan fingerprint density at radius 2 is 2.06 bits per heavy atom. The molecule has 1 heterocycles. The van der Waals surface area contributed by atoms with E-state index < -0.39 is 6.10 Å². The highest BCUT2D eigenvalue weighted by Crippen LogP contribution is 2.42. The van der Waals surface area contributed by atoms with Crippen LogP contribution >= 0.6 is 0 Å². The van der Waals surface area contributed by atoms with Gasteiger partial charge in [0.05, 0.1) is 11.7 Å². The number of aryl methyl sites for hydroxylation is 2. The highest BCUT2D eigenvalue weighted by atomic mass is 16.3. The summed E-state index contributed by atoms with van der Waals surface area (Å²) in [7, 11) is 0. The molecular weight excluding hydrogens is 412 g/mol. The molecule has 5 N–H and O–H groups in total. The highest BCUT2D eigenvalue weighted by Gasteiger charge is 2.35. The molecular formula is C27H36N4O2. The van der Waals surface area contributed by atoms with E-state index in [1.165, 1.54) is 16.7 Å². The van der Waals surface area contributed by atoms with Gasteiger partial charge in [-0.2, -0.15) is 0 Å². The Morgan fingerprint density at radius 1 is 1.30 bits per heavy atom. The van der Waals surface area contributed by atoms with Crippen molar-refractivity contribution in [1.29, 1.82) is 5.41 Å². The minimum absolute atomic E-state index is 0.143. The van der Waals surface area contributed by atoms with Crippen molar-refractivity contribution in [3.63, 3.8) is 0 Å². The van der Waals surface area contributed by atoms with Gasteiger partial charge in [-0.3, -0.25) is 10.2 Å². The summed E-state index contributed by atoms with van der Waals surface area (Å²) in [4.78, 5) is 12.9. The molecule has 3 atom stereocenters. The minimum Gasteiger partial charge on any atom is -0.392 e. The van der Waals surface area contributed by atoms with Gasteiger partial charge in [0, 0.05) is 35.6 Å². The maximum atomic E-state index is 12.9. The molecule has 33 heavy (non-hydrogen) atoms. The van der Waals surface area contributed by atoms with Crippen molar-refractivity contribution < 1.29 is 9.90 Å². The molecule has 0 bridgehead atoms. The zero-order valence-electron chi connectivity index (χ0n) is 20.3. The van der Waals surface area contributed by atoms with Gasteiger partial charge in [0.25, 0.3) is 5.91 Å². The number of allylic oxidation sites excluding steroid dienone is 4. The van der Waals surface area contributed by atoms with Gasteiger partial charge in [-0.05, 0) is 62.3 Å². The number of benzene rings is 1. The van der Waals surface area contributed by atoms with Gasteiger partial charge in [-0.25, -0.2) is 0 Å². The van der Waals surface area contributed by atoms with Gasteiger partial charge >= 0.3 is 0 Å². The zero-order valence-corrected chi connectivity index (χ0v) is 20.3. The predicted molar refractivity (Wildman–Crippen MR) is 134 cm³/mol. The lowest BCUT2D eigenvalue weighted by Gasteiger charge is -2.28. The molecule has 1 fully saturated rings. The average Bonchev–Trinajstić information content (AvgIpc) is 3.10. The van der Waals surface area contributed by atoms with E-state index in [0.29, 0.717) is 23.7 Å². The summed E-state index contributed by atoms with van der Waals surface area (Å²) >= 11 is 0. The van der Waals surface area contributed by atoms with E-state index in [4.69, 9.17) is 5.41 Å². The minimum atomic E-state index is -0.465. The molecule has 1 aliphatic heterocycles. The smallest absolute Gasteiger partial charge is 0.258 e. The lowest BCUT2D eigenvalue weighted by molar-refractivity contribution is -0.115. The first-order valence-electron chi connectivity index (χ1n) is 11.7. The Labute approximate surface area is 197 Å². The van der Waals surface area contributed by atoms with E-state index in [2.05, 4.69) is 67.1 Å². The predicted octanol–water partition coefficient (Wildman–Crippen LogP) is 3.95. The molecule has 0 saturated carbocycles. The molecule has 2 unspecified atom stereocenters. The average molecular weight is 449 g/mol. The lowest BCUT2D eigenvalue weighted by atomic mass is 9.76. The SMILES string of the molecule is CCc1ccc(C)c(C2C=C3C(=CC2CC)NC(=O)/C3=C(/C)NC(=N)/C=C\NC[C@H](C)O)c1.